The highest BCUT2D eigenvalue weighted by Crippen LogP contribution is 2.33. The van der Waals surface area contributed by atoms with Crippen LogP contribution in [-0.2, 0) is 0 Å². The van der Waals surface area contributed by atoms with Gasteiger partial charge < -0.3 is 0 Å². The van der Waals surface area contributed by atoms with Gasteiger partial charge in [0.05, 0.1) is 0 Å². The summed E-state index contributed by atoms with van der Waals surface area (Å²) in [6.07, 6.45) is 4.76. The Morgan fingerprint density at radius 3 is 2.62 bits per heavy atom. The van der Waals surface area contributed by atoms with Crippen LogP contribution in [0.25, 0.3) is 0 Å². The maximum Gasteiger partial charge on any atom is 0.0229 e. The Kier molecular flexibility index (Phi) is 7.42. The smallest absolute Gasteiger partial charge is 0.0229 e. The molecule has 0 aromatic heterocycles. The third kappa shape index (κ3) is 7.83. The predicted molar refractivity (Wildman–Crippen MR) is 70.3 cm³/mol. The highest BCUT2D eigenvalue weighted by atomic mass is 32.2. The molecule has 13 heavy (non-hydrogen) atoms. The fraction of sp³-hybridized carbons (Fsp3) is 0.800. The Balaban J connectivity index is 1.65. The van der Waals surface area contributed by atoms with E-state index in [1.165, 1.54) is 35.9 Å². The minimum atomic E-state index is 1.01. The number of thioether (sulfide) groups is 3. The van der Waals surface area contributed by atoms with Crippen molar-refractivity contribution in [3.05, 3.63) is 12.7 Å². The summed E-state index contributed by atoms with van der Waals surface area (Å²) < 4.78 is 0. The largest absolute Gasteiger partial charge is 0.161 e. The van der Waals surface area contributed by atoms with Crippen molar-refractivity contribution in [2.75, 3.05) is 28.8 Å². The molecule has 1 saturated heterocycles. The summed E-state index contributed by atoms with van der Waals surface area (Å²) in [5.41, 5.74) is 0. The van der Waals surface area contributed by atoms with Gasteiger partial charge in [0.25, 0.3) is 0 Å². The van der Waals surface area contributed by atoms with Crippen LogP contribution in [0.4, 0.5) is 0 Å². The van der Waals surface area contributed by atoms with Gasteiger partial charge >= 0.3 is 0 Å². The van der Waals surface area contributed by atoms with E-state index in [4.69, 9.17) is 0 Å². The monoisotopic (exact) mass is 234 g/mol. The van der Waals surface area contributed by atoms with Crippen LogP contribution < -0.4 is 0 Å². The number of unbranched alkanes of at least 4 members (excludes halogenated alkanes) is 1. The van der Waals surface area contributed by atoms with E-state index in [0.717, 1.165) is 11.0 Å². The first-order chi connectivity index (χ1) is 6.43. The van der Waals surface area contributed by atoms with Gasteiger partial charge in [-0.3, -0.25) is 0 Å². The molecular weight excluding hydrogens is 216 g/mol. The molecule has 0 amide bonds. The van der Waals surface area contributed by atoms with E-state index in [0.29, 0.717) is 0 Å². The summed E-state index contributed by atoms with van der Waals surface area (Å²) in [5, 5.41) is 1.01. The van der Waals surface area contributed by atoms with Crippen molar-refractivity contribution < 1.29 is 0 Å². The van der Waals surface area contributed by atoms with E-state index >= 15 is 0 Å². The van der Waals surface area contributed by atoms with E-state index < -0.39 is 0 Å². The maximum atomic E-state index is 3.71. The first kappa shape index (κ1) is 11.9. The molecule has 0 saturated carbocycles. The molecule has 1 atom stereocenters. The SMILES string of the molecule is C=CCSCCCCSCC1CS1. The average molecular weight is 234 g/mol. The minimum absolute atomic E-state index is 1.01. The summed E-state index contributed by atoms with van der Waals surface area (Å²) in [7, 11) is 0. The molecule has 1 rings (SSSR count). The van der Waals surface area contributed by atoms with Crippen LogP contribution in [0.1, 0.15) is 12.8 Å². The molecule has 1 aliphatic heterocycles. The molecule has 1 heterocycles. The van der Waals surface area contributed by atoms with Crippen molar-refractivity contribution in [3.63, 3.8) is 0 Å². The first-order valence-electron chi connectivity index (χ1n) is 4.81. The van der Waals surface area contributed by atoms with Gasteiger partial charge in [-0.1, -0.05) is 6.08 Å². The molecular formula is C10H18S3. The number of hydrogen-bond acceptors (Lipinski definition) is 3. The normalized spacial score (nSPS) is 20.2. The second-order valence-corrected chi connectivity index (χ2v) is 6.73. The van der Waals surface area contributed by atoms with Crippen LogP contribution in [0, 0.1) is 0 Å². The quantitative estimate of drug-likeness (QED) is 0.340. The fourth-order valence-electron chi connectivity index (χ4n) is 0.954. The van der Waals surface area contributed by atoms with Gasteiger partial charge in [-0.25, -0.2) is 0 Å². The third-order valence-electron chi connectivity index (χ3n) is 1.77. The van der Waals surface area contributed by atoms with E-state index in [2.05, 4.69) is 30.1 Å². The van der Waals surface area contributed by atoms with Crippen LogP contribution in [0.3, 0.4) is 0 Å². The predicted octanol–water partition coefficient (Wildman–Crippen LogP) is 3.53. The Morgan fingerprint density at radius 1 is 1.31 bits per heavy atom. The summed E-state index contributed by atoms with van der Waals surface area (Å²) in [5.74, 6) is 6.61. The lowest BCUT2D eigenvalue weighted by Gasteiger charge is -1.99. The first-order valence-corrected chi connectivity index (χ1v) is 8.17. The molecule has 0 aliphatic carbocycles. The molecule has 1 unspecified atom stereocenters. The van der Waals surface area contributed by atoms with Gasteiger partial charge in [0, 0.05) is 22.5 Å². The van der Waals surface area contributed by atoms with E-state index in [9.17, 15) is 0 Å². The van der Waals surface area contributed by atoms with Crippen LogP contribution in [0.15, 0.2) is 12.7 Å². The molecule has 76 valence electrons. The Morgan fingerprint density at radius 2 is 2.00 bits per heavy atom. The summed E-state index contributed by atoms with van der Waals surface area (Å²) in [4.78, 5) is 0. The van der Waals surface area contributed by atoms with Gasteiger partial charge in [0.15, 0.2) is 0 Å². The molecule has 0 spiro atoms. The van der Waals surface area contributed by atoms with E-state index in [1.807, 2.05) is 17.8 Å². The van der Waals surface area contributed by atoms with Crippen molar-refractivity contribution in [1.82, 2.24) is 0 Å². The zero-order valence-corrected chi connectivity index (χ0v) is 10.5. The molecule has 0 aromatic rings. The van der Waals surface area contributed by atoms with E-state index in [-0.39, 0.29) is 0 Å². The van der Waals surface area contributed by atoms with Crippen molar-refractivity contribution in [3.8, 4) is 0 Å². The number of rotatable bonds is 9. The highest BCUT2D eigenvalue weighted by Gasteiger charge is 2.21. The van der Waals surface area contributed by atoms with Crippen molar-refractivity contribution in [1.29, 1.82) is 0 Å². The molecule has 0 nitrogen and oxygen atoms in total. The number of hydrogen-bond donors (Lipinski definition) is 0. The van der Waals surface area contributed by atoms with Gasteiger partial charge in [0.2, 0.25) is 0 Å². The molecule has 0 bridgehead atoms. The minimum Gasteiger partial charge on any atom is -0.161 e. The standard InChI is InChI=1S/C10H18S3/c1-2-5-11-6-3-4-7-12-8-10-9-13-10/h2,10H,1,3-9H2. The Hall–Kier alpha value is 0.790. The Labute approximate surface area is 94.7 Å². The zero-order valence-electron chi connectivity index (χ0n) is 8.04. The molecule has 1 fully saturated rings. The van der Waals surface area contributed by atoms with Gasteiger partial charge in [-0.15, -0.1) is 6.58 Å². The molecule has 1 aliphatic rings. The molecule has 0 N–H and O–H groups in total. The van der Waals surface area contributed by atoms with Crippen molar-refractivity contribution >= 4 is 35.3 Å². The third-order valence-corrected chi connectivity index (χ3v) is 5.22. The Bertz CT molecular complexity index is 132. The van der Waals surface area contributed by atoms with Gasteiger partial charge in [-0.05, 0) is 24.3 Å². The highest BCUT2D eigenvalue weighted by molar-refractivity contribution is 8.08. The van der Waals surface area contributed by atoms with Crippen molar-refractivity contribution in [2.24, 2.45) is 0 Å². The molecule has 0 aromatic carbocycles. The topological polar surface area (TPSA) is 0 Å². The van der Waals surface area contributed by atoms with Crippen LogP contribution in [0.5, 0.6) is 0 Å². The zero-order chi connectivity index (χ0) is 9.36. The van der Waals surface area contributed by atoms with Gasteiger partial charge in [0.1, 0.15) is 0 Å². The van der Waals surface area contributed by atoms with Crippen LogP contribution in [0.2, 0.25) is 0 Å². The lowest BCUT2D eigenvalue weighted by Crippen LogP contribution is -1.90. The van der Waals surface area contributed by atoms with E-state index in [1.54, 1.807) is 0 Å². The van der Waals surface area contributed by atoms with Crippen molar-refractivity contribution in [2.45, 2.75) is 18.1 Å². The summed E-state index contributed by atoms with van der Waals surface area (Å²) in [6.45, 7) is 3.71. The lowest BCUT2D eigenvalue weighted by molar-refractivity contribution is 0.907. The van der Waals surface area contributed by atoms with Crippen LogP contribution in [-0.4, -0.2) is 34.0 Å². The summed E-state index contributed by atoms with van der Waals surface area (Å²) in [6, 6.07) is 0. The maximum absolute atomic E-state index is 3.71. The second-order valence-electron chi connectivity index (χ2n) is 3.10. The molecule has 3 heteroatoms. The summed E-state index contributed by atoms with van der Waals surface area (Å²) >= 11 is 6.24. The average Bonchev–Trinajstić information content (AvgIpc) is 2.93. The lowest BCUT2D eigenvalue weighted by atomic mass is 10.4. The fourth-order valence-corrected chi connectivity index (χ4v) is 3.73. The molecule has 0 radical (unpaired) electrons. The van der Waals surface area contributed by atoms with Crippen LogP contribution >= 0.6 is 35.3 Å². The second kappa shape index (κ2) is 8.13. The van der Waals surface area contributed by atoms with Gasteiger partial charge in [-0.2, -0.15) is 35.3 Å².